The number of aliphatic hydroxyl groups excluding tert-OH is 1. The van der Waals surface area contributed by atoms with Crippen molar-refractivity contribution in [2.24, 2.45) is 5.92 Å². The van der Waals surface area contributed by atoms with Gasteiger partial charge in [-0.25, -0.2) is 4.98 Å². The Bertz CT molecular complexity index is 889. The van der Waals surface area contributed by atoms with E-state index in [4.69, 9.17) is 0 Å². The Morgan fingerprint density at radius 3 is 2.35 bits per heavy atom. The summed E-state index contributed by atoms with van der Waals surface area (Å²) in [6.45, 7) is 0. The number of rotatable bonds is 4. The first-order valence-corrected chi connectivity index (χ1v) is 9.99. The first-order valence-electron chi connectivity index (χ1n) is 9.99. The molecule has 3 aromatic rings. The van der Waals surface area contributed by atoms with Gasteiger partial charge in [-0.3, -0.25) is 0 Å². The van der Waals surface area contributed by atoms with Gasteiger partial charge in [0, 0.05) is 0 Å². The molecule has 1 atom stereocenters. The summed E-state index contributed by atoms with van der Waals surface area (Å²) in [6, 6.07) is 15.2. The minimum Gasteiger partial charge on any atom is -0.387 e. The monoisotopic (exact) mass is 346 g/mol. The lowest BCUT2D eigenvalue weighted by Crippen LogP contribution is -2.22. The van der Waals surface area contributed by atoms with Crippen molar-refractivity contribution in [3.05, 3.63) is 71.8 Å². The summed E-state index contributed by atoms with van der Waals surface area (Å²) in [5.74, 6) is 1.62. The summed E-state index contributed by atoms with van der Waals surface area (Å²) < 4.78 is 2.13. The third-order valence-corrected chi connectivity index (χ3v) is 6.44. The molecule has 2 heterocycles. The number of aliphatic hydroxyl groups is 1. The van der Waals surface area contributed by atoms with E-state index in [1.54, 1.807) is 0 Å². The molecule has 1 aromatic carbocycles. The summed E-state index contributed by atoms with van der Waals surface area (Å²) in [6.07, 6.45) is 10.4. The molecule has 2 aromatic heterocycles. The molecular weight excluding hydrogens is 320 g/mol. The summed E-state index contributed by atoms with van der Waals surface area (Å²) in [4.78, 5) is 4.31. The van der Waals surface area contributed by atoms with E-state index in [0.717, 1.165) is 24.1 Å². The second-order valence-electron chi connectivity index (χ2n) is 8.10. The van der Waals surface area contributed by atoms with Gasteiger partial charge in [-0.15, -0.1) is 0 Å². The number of pyridine rings is 1. The lowest BCUT2D eigenvalue weighted by atomic mass is 9.75. The van der Waals surface area contributed by atoms with E-state index < -0.39 is 0 Å². The quantitative estimate of drug-likeness (QED) is 0.703. The van der Waals surface area contributed by atoms with E-state index in [-0.39, 0.29) is 6.10 Å². The minimum atomic E-state index is -0.389. The molecule has 26 heavy (non-hydrogen) atoms. The molecule has 2 aliphatic carbocycles. The van der Waals surface area contributed by atoms with Gasteiger partial charge in [-0.05, 0) is 73.5 Å². The Labute approximate surface area is 154 Å². The molecule has 2 fully saturated rings. The lowest BCUT2D eigenvalue weighted by Gasteiger charge is -2.33. The van der Waals surface area contributed by atoms with Crippen LogP contribution >= 0.6 is 0 Å². The Morgan fingerprint density at radius 1 is 0.885 bits per heavy atom. The van der Waals surface area contributed by atoms with Crippen molar-refractivity contribution in [3.8, 4) is 0 Å². The number of nitrogens with zero attached hydrogens (tertiary/aromatic N) is 2. The van der Waals surface area contributed by atoms with E-state index in [1.165, 1.54) is 36.8 Å². The van der Waals surface area contributed by atoms with Crippen molar-refractivity contribution in [2.75, 3.05) is 0 Å². The fourth-order valence-corrected chi connectivity index (χ4v) is 4.80. The highest BCUT2D eigenvalue weighted by Crippen LogP contribution is 2.47. The van der Waals surface area contributed by atoms with Crippen LogP contribution in [0.15, 0.2) is 55.0 Å². The molecule has 5 rings (SSSR count). The molecule has 0 aliphatic heterocycles. The predicted octanol–water partition coefficient (Wildman–Crippen LogP) is 5.22. The average Bonchev–Trinajstić information content (AvgIpc) is 3.44. The van der Waals surface area contributed by atoms with Gasteiger partial charge in [-0.1, -0.05) is 36.4 Å². The summed E-state index contributed by atoms with van der Waals surface area (Å²) in [5, 5.41) is 11.3. The third kappa shape index (κ3) is 2.84. The zero-order chi connectivity index (χ0) is 17.5. The van der Waals surface area contributed by atoms with Crippen LogP contribution in [0.2, 0.25) is 0 Å². The molecule has 0 spiro atoms. The molecule has 3 heteroatoms. The van der Waals surface area contributed by atoms with Crippen LogP contribution in [-0.2, 0) is 0 Å². The maximum atomic E-state index is 11.3. The van der Waals surface area contributed by atoms with Crippen molar-refractivity contribution < 1.29 is 5.11 Å². The first-order chi connectivity index (χ1) is 12.8. The molecule has 0 radical (unpaired) electrons. The average molecular weight is 346 g/mol. The highest BCUT2D eigenvalue weighted by Gasteiger charge is 2.34. The fraction of sp³-hybridized carbons (Fsp3) is 0.435. The van der Waals surface area contributed by atoms with Crippen LogP contribution in [0.5, 0.6) is 0 Å². The van der Waals surface area contributed by atoms with E-state index >= 15 is 0 Å². The predicted molar refractivity (Wildman–Crippen MR) is 103 cm³/mol. The van der Waals surface area contributed by atoms with Crippen LogP contribution in [0.1, 0.15) is 73.3 Å². The standard InChI is InChI=1S/C23H26N2O/c26-23(19-10-6-17(7-11-19)16-4-2-1-3-5-16)22-21(18-8-9-18)13-12-20-14-24-15-25(20)22/h1-5,12-15,17-19,23,26H,6-11H2. The van der Waals surface area contributed by atoms with Crippen LogP contribution in [0.3, 0.4) is 0 Å². The van der Waals surface area contributed by atoms with Crippen LogP contribution in [0.25, 0.3) is 5.52 Å². The molecule has 1 N–H and O–H groups in total. The van der Waals surface area contributed by atoms with E-state index in [2.05, 4.69) is 51.8 Å². The molecular formula is C23H26N2O. The van der Waals surface area contributed by atoms with Crippen LogP contribution in [0.4, 0.5) is 0 Å². The van der Waals surface area contributed by atoms with Crippen molar-refractivity contribution in [3.63, 3.8) is 0 Å². The third-order valence-electron chi connectivity index (χ3n) is 6.44. The van der Waals surface area contributed by atoms with Gasteiger partial charge < -0.3 is 9.51 Å². The number of hydrogen-bond acceptors (Lipinski definition) is 2. The molecule has 0 amide bonds. The lowest BCUT2D eigenvalue weighted by molar-refractivity contribution is 0.0754. The molecule has 1 unspecified atom stereocenters. The van der Waals surface area contributed by atoms with Crippen LogP contribution in [0, 0.1) is 5.92 Å². The van der Waals surface area contributed by atoms with Gasteiger partial charge >= 0.3 is 0 Å². The molecule has 3 nitrogen and oxygen atoms in total. The Morgan fingerprint density at radius 2 is 1.62 bits per heavy atom. The Kier molecular flexibility index (Phi) is 4.05. The number of benzene rings is 1. The topological polar surface area (TPSA) is 37.5 Å². The molecule has 134 valence electrons. The van der Waals surface area contributed by atoms with Crippen molar-refractivity contribution in [2.45, 2.75) is 56.5 Å². The highest BCUT2D eigenvalue weighted by atomic mass is 16.3. The van der Waals surface area contributed by atoms with Crippen molar-refractivity contribution >= 4 is 5.52 Å². The van der Waals surface area contributed by atoms with Gasteiger partial charge in [0.2, 0.25) is 0 Å². The Hall–Kier alpha value is -2.13. The minimum absolute atomic E-state index is 0.348. The second-order valence-corrected chi connectivity index (χ2v) is 8.10. The Balaban J connectivity index is 1.39. The molecule has 0 bridgehead atoms. The zero-order valence-electron chi connectivity index (χ0n) is 15.1. The number of aromatic nitrogens is 2. The van der Waals surface area contributed by atoms with E-state index in [9.17, 15) is 5.11 Å². The molecule has 2 saturated carbocycles. The smallest absolute Gasteiger partial charge is 0.0995 e. The number of hydrogen-bond donors (Lipinski definition) is 1. The zero-order valence-corrected chi connectivity index (χ0v) is 15.1. The summed E-state index contributed by atoms with van der Waals surface area (Å²) in [5.41, 5.74) is 4.98. The summed E-state index contributed by atoms with van der Waals surface area (Å²) >= 11 is 0. The van der Waals surface area contributed by atoms with E-state index in [1.807, 2.05) is 12.5 Å². The number of imidazole rings is 1. The van der Waals surface area contributed by atoms with E-state index in [0.29, 0.717) is 17.8 Å². The maximum absolute atomic E-state index is 11.3. The van der Waals surface area contributed by atoms with Crippen molar-refractivity contribution in [1.82, 2.24) is 9.38 Å². The maximum Gasteiger partial charge on any atom is 0.0995 e. The van der Waals surface area contributed by atoms with Crippen LogP contribution < -0.4 is 0 Å². The highest BCUT2D eigenvalue weighted by molar-refractivity contribution is 5.50. The van der Waals surface area contributed by atoms with Gasteiger partial charge in [0.1, 0.15) is 0 Å². The van der Waals surface area contributed by atoms with Gasteiger partial charge in [0.25, 0.3) is 0 Å². The van der Waals surface area contributed by atoms with Gasteiger partial charge in [0.05, 0.1) is 29.8 Å². The first kappa shape index (κ1) is 16.1. The molecule has 0 saturated heterocycles. The fourth-order valence-electron chi connectivity index (χ4n) is 4.80. The summed E-state index contributed by atoms with van der Waals surface area (Å²) in [7, 11) is 0. The SMILES string of the molecule is OC(c1c(C2CC2)ccc2cncn12)C1CCC(c2ccccc2)CC1. The largest absolute Gasteiger partial charge is 0.387 e. The number of fused-ring (bicyclic) bond motifs is 1. The second kappa shape index (κ2) is 6.55. The van der Waals surface area contributed by atoms with Crippen molar-refractivity contribution in [1.29, 1.82) is 0 Å². The molecule has 2 aliphatic rings. The van der Waals surface area contributed by atoms with Gasteiger partial charge in [0.15, 0.2) is 0 Å². The van der Waals surface area contributed by atoms with Crippen LogP contribution in [-0.4, -0.2) is 14.5 Å². The van der Waals surface area contributed by atoms with Gasteiger partial charge in [-0.2, -0.15) is 0 Å². The normalized spacial score (nSPS) is 24.7.